The molecule has 0 saturated heterocycles. The van der Waals surface area contributed by atoms with Gasteiger partial charge in [0.2, 0.25) is 5.69 Å². The number of nitrogens with zero attached hydrogens (tertiary/aromatic N) is 2. The van der Waals surface area contributed by atoms with Crippen LogP contribution in [-0.2, 0) is 11.3 Å². The van der Waals surface area contributed by atoms with Gasteiger partial charge in [-0.3, -0.25) is 0 Å². The fourth-order valence-corrected chi connectivity index (χ4v) is 3.10. The molecule has 0 aliphatic rings. The zero-order valence-electron chi connectivity index (χ0n) is 12.9. The molecule has 24 heavy (non-hydrogen) atoms. The van der Waals surface area contributed by atoms with Crippen molar-refractivity contribution in [1.82, 2.24) is 9.78 Å². The first kappa shape index (κ1) is 16.5. The Kier molecular flexibility index (Phi) is 5.17. The molecule has 0 atom stereocenters. The summed E-state index contributed by atoms with van der Waals surface area (Å²) in [6.07, 6.45) is 1.68. The van der Waals surface area contributed by atoms with Crippen LogP contribution < -0.4 is 4.74 Å². The average Bonchev–Trinajstić information content (AvgIpc) is 3.20. The Morgan fingerprint density at radius 1 is 1.25 bits per heavy atom. The van der Waals surface area contributed by atoms with Gasteiger partial charge in [0.25, 0.3) is 0 Å². The SMILES string of the molecule is CCOC(=O)c1nn(-c2ccccc2)cc1OCc1ccc(Cl)s1. The molecule has 0 bridgehead atoms. The molecule has 0 spiro atoms. The van der Waals surface area contributed by atoms with Gasteiger partial charge in [0.1, 0.15) is 6.61 Å². The van der Waals surface area contributed by atoms with Crippen LogP contribution in [0.4, 0.5) is 0 Å². The van der Waals surface area contributed by atoms with E-state index in [2.05, 4.69) is 5.10 Å². The molecule has 0 fully saturated rings. The predicted molar refractivity (Wildman–Crippen MR) is 93.2 cm³/mol. The minimum atomic E-state index is -0.508. The van der Waals surface area contributed by atoms with Crippen LogP contribution in [0.5, 0.6) is 5.75 Å². The Morgan fingerprint density at radius 3 is 2.71 bits per heavy atom. The Bertz CT molecular complexity index is 829. The molecule has 124 valence electrons. The average molecular weight is 363 g/mol. The highest BCUT2D eigenvalue weighted by molar-refractivity contribution is 7.16. The number of carbonyl (C=O) groups is 1. The molecular formula is C17H15ClN2O3S. The van der Waals surface area contributed by atoms with Gasteiger partial charge in [-0.05, 0) is 31.2 Å². The summed E-state index contributed by atoms with van der Waals surface area (Å²) in [5.74, 6) is -0.131. The summed E-state index contributed by atoms with van der Waals surface area (Å²) in [6.45, 7) is 2.33. The van der Waals surface area contributed by atoms with Gasteiger partial charge in [-0.2, -0.15) is 5.10 Å². The number of hydrogen-bond donors (Lipinski definition) is 0. The summed E-state index contributed by atoms with van der Waals surface area (Å²) < 4.78 is 13.1. The highest BCUT2D eigenvalue weighted by Crippen LogP contribution is 2.25. The summed E-state index contributed by atoms with van der Waals surface area (Å²) in [6, 6.07) is 13.2. The van der Waals surface area contributed by atoms with Crippen LogP contribution >= 0.6 is 22.9 Å². The monoisotopic (exact) mass is 362 g/mol. The van der Waals surface area contributed by atoms with E-state index in [1.165, 1.54) is 11.3 Å². The predicted octanol–water partition coefficient (Wildman–Crippen LogP) is 4.34. The number of ether oxygens (including phenoxy) is 2. The van der Waals surface area contributed by atoms with Gasteiger partial charge in [-0.15, -0.1) is 11.3 Å². The van der Waals surface area contributed by atoms with Crippen LogP contribution in [0, 0.1) is 0 Å². The summed E-state index contributed by atoms with van der Waals surface area (Å²) in [7, 11) is 0. The van der Waals surface area contributed by atoms with Crippen molar-refractivity contribution in [2.24, 2.45) is 0 Å². The molecule has 0 N–H and O–H groups in total. The normalized spacial score (nSPS) is 10.6. The third-order valence-corrected chi connectivity index (χ3v) is 4.37. The van der Waals surface area contributed by atoms with Crippen LogP contribution in [0.1, 0.15) is 22.3 Å². The number of benzene rings is 1. The van der Waals surface area contributed by atoms with E-state index in [0.717, 1.165) is 10.6 Å². The maximum atomic E-state index is 12.1. The molecule has 1 aromatic carbocycles. The molecule has 0 aliphatic heterocycles. The third-order valence-electron chi connectivity index (χ3n) is 3.17. The van der Waals surface area contributed by atoms with Gasteiger partial charge in [-0.1, -0.05) is 29.8 Å². The highest BCUT2D eigenvalue weighted by atomic mass is 35.5. The fourth-order valence-electron chi connectivity index (χ4n) is 2.10. The Labute approximate surface area is 148 Å². The lowest BCUT2D eigenvalue weighted by molar-refractivity contribution is 0.0514. The van der Waals surface area contributed by atoms with Crippen molar-refractivity contribution < 1.29 is 14.3 Å². The summed E-state index contributed by atoms with van der Waals surface area (Å²) in [5.41, 5.74) is 0.987. The number of para-hydroxylation sites is 1. The first-order chi connectivity index (χ1) is 11.7. The molecule has 7 heteroatoms. The van der Waals surface area contributed by atoms with Crippen LogP contribution in [0.2, 0.25) is 4.34 Å². The third kappa shape index (κ3) is 3.77. The molecule has 3 rings (SSSR count). The molecule has 5 nitrogen and oxygen atoms in total. The summed E-state index contributed by atoms with van der Waals surface area (Å²) in [4.78, 5) is 13.1. The van der Waals surface area contributed by atoms with Crippen molar-refractivity contribution in [3.05, 3.63) is 63.6 Å². The second kappa shape index (κ2) is 7.51. The van der Waals surface area contributed by atoms with Crippen LogP contribution in [0.25, 0.3) is 5.69 Å². The minimum absolute atomic E-state index is 0.156. The van der Waals surface area contributed by atoms with Gasteiger partial charge in [-0.25, -0.2) is 9.48 Å². The van der Waals surface area contributed by atoms with E-state index in [-0.39, 0.29) is 12.3 Å². The van der Waals surface area contributed by atoms with E-state index in [1.807, 2.05) is 42.5 Å². The molecule has 0 aliphatic carbocycles. The van der Waals surface area contributed by atoms with Crippen molar-refractivity contribution in [3.8, 4) is 11.4 Å². The molecule has 3 aromatic rings. The maximum Gasteiger partial charge on any atom is 0.362 e. The standard InChI is InChI=1S/C17H15ClN2O3S/c1-2-22-17(21)16-14(23-11-13-8-9-15(18)24-13)10-20(19-16)12-6-4-3-5-7-12/h3-10H,2,11H2,1H3. The van der Waals surface area contributed by atoms with E-state index in [1.54, 1.807) is 17.8 Å². The van der Waals surface area contributed by atoms with Crippen molar-refractivity contribution in [3.63, 3.8) is 0 Å². The number of halogens is 1. The number of carbonyl (C=O) groups excluding carboxylic acids is 1. The van der Waals surface area contributed by atoms with Crippen molar-refractivity contribution in [2.75, 3.05) is 6.61 Å². The largest absolute Gasteiger partial charge is 0.484 e. The Hall–Kier alpha value is -2.31. The Balaban J connectivity index is 1.87. The summed E-state index contributed by atoms with van der Waals surface area (Å²) in [5, 5.41) is 4.31. The molecule has 0 radical (unpaired) electrons. The van der Waals surface area contributed by atoms with Gasteiger partial charge < -0.3 is 9.47 Å². The number of esters is 1. The minimum Gasteiger partial charge on any atom is -0.484 e. The molecule has 0 saturated carbocycles. The zero-order valence-corrected chi connectivity index (χ0v) is 14.5. The van der Waals surface area contributed by atoms with E-state index >= 15 is 0 Å². The van der Waals surface area contributed by atoms with E-state index in [4.69, 9.17) is 21.1 Å². The van der Waals surface area contributed by atoms with Gasteiger partial charge in [0.15, 0.2) is 5.75 Å². The zero-order chi connectivity index (χ0) is 16.9. The number of hydrogen-bond acceptors (Lipinski definition) is 5. The molecular weight excluding hydrogens is 348 g/mol. The molecule has 0 unspecified atom stereocenters. The van der Waals surface area contributed by atoms with Crippen LogP contribution in [0.3, 0.4) is 0 Å². The van der Waals surface area contributed by atoms with Gasteiger partial charge >= 0.3 is 5.97 Å². The number of thiophene rings is 1. The molecule has 2 heterocycles. The lowest BCUT2D eigenvalue weighted by atomic mass is 10.3. The first-order valence-electron chi connectivity index (χ1n) is 7.36. The fraction of sp³-hybridized carbons (Fsp3) is 0.176. The van der Waals surface area contributed by atoms with Gasteiger partial charge in [0, 0.05) is 4.88 Å². The second-order valence-electron chi connectivity index (χ2n) is 4.84. The van der Waals surface area contributed by atoms with Crippen molar-refractivity contribution in [2.45, 2.75) is 13.5 Å². The van der Waals surface area contributed by atoms with Crippen LogP contribution in [0.15, 0.2) is 48.7 Å². The summed E-state index contributed by atoms with van der Waals surface area (Å²) >= 11 is 7.35. The molecule has 2 aromatic heterocycles. The quantitative estimate of drug-likeness (QED) is 0.612. The van der Waals surface area contributed by atoms with Gasteiger partial charge in [0.05, 0.1) is 22.8 Å². The highest BCUT2D eigenvalue weighted by Gasteiger charge is 2.20. The van der Waals surface area contributed by atoms with E-state index in [0.29, 0.717) is 16.7 Å². The van der Waals surface area contributed by atoms with Crippen molar-refractivity contribution in [1.29, 1.82) is 0 Å². The van der Waals surface area contributed by atoms with Crippen molar-refractivity contribution >= 4 is 28.9 Å². The number of aromatic nitrogens is 2. The van der Waals surface area contributed by atoms with Crippen LogP contribution in [-0.4, -0.2) is 22.4 Å². The maximum absolute atomic E-state index is 12.1. The lowest BCUT2D eigenvalue weighted by Crippen LogP contribution is -2.08. The molecule has 0 amide bonds. The Morgan fingerprint density at radius 2 is 2.04 bits per heavy atom. The first-order valence-corrected chi connectivity index (χ1v) is 8.56. The number of rotatable bonds is 6. The lowest BCUT2D eigenvalue weighted by Gasteiger charge is -2.04. The van der Waals surface area contributed by atoms with E-state index in [9.17, 15) is 4.79 Å². The smallest absolute Gasteiger partial charge is 0.362 e. The second-order valence-corrected chi connectivity index (χ2v) is 6.64. The topological polar surface area (TPSA) is 53.3 Å². The van der Waals surface area contributed by atoms with E-state index < -0.39 is 5.97 Å².